The minimum absolute atomic E-state index is 0.00530. The molecule has 3 heterocycles. The van der Waals surface area contributed by atoms with Crippen LogP contribution >= 0.6 is 0 Å². The van der Waals surface area contributed by atoms with Crippen molar-refractivity contribution in [2.75, 3.05) is 26.7 Å². The Morgan fingerprint density at radius 2 is 1.87 bits per heavy atom. The number of nitrogens with one attached hydrogen (secondary N) is 1. The predicted molar refractivity (Wildman–Crippen MR) is 151 cm³/mol. The number of rotatable bonds is 6. The number of benzene rings is 1. The maximum Gasteiger partial charge on any atom is 0.338 e. The van der Waals surface area contributed by atoms with Crippen LogP contribution in [0.3, 0.4) is 0 Å². The highest BCUT2D eigenvalue weighted by atomic mass is 16.2. The third-order valence-corrected chi connectivity index (χ3v) is 9.20. The van der Waals surface area contributed by atoms with E-state index in [1.807, 2.05) is 41.2 Å². The summed E-state index contributed by atoms with van der Waals surface area (Å²) in [6.07, 6.45) is 6.49. The second kappa shape index (κ2) is 10.3. The van der Waals surface area contributed by atoms with Crippen LogP contribution in [-0.4, -0.2) is 76.4 Å². The first-order valence-corrected chi connectivity index (χ1v) is 14.5. The Hall–Kier alpha value is -2.87. The Bertz CT molecular complexity index is 1170. The molecule has 0 spiro atoms. The predicted octanol–water partition coefficient (Wildman–Crippen LogP) is 4.63. The van der Waals surface area contributed by atoms with E-state index in [9.17, 15) is 14.4 Å². The van der Waals surface area contributed by atoms with Crippen molar-refractivity contribution >= 4 is 17.8 Å². The van der Waals surface area contributed by atoms with Crippen LogP contribution in [0, 0.1) is 16.7 Å². The molecule has 4 unspecified atom stereocenters. The molecule has 1 N–H and O–H groups in total. The fraction of sp³-hybridized carbons (Fsp3) is 0.645. The topological polar surface area (TPSA) is 76.2 Å². The van der Waals surface area contributed by atoms with Crippen LogP contribution in [-0.2, 0) is 11.3 Å². The lowest BCUT2D eigenvalue weighted by atomic mass is 9.67. The molecule has 5 rings (SSSR count). The van der Waals surface area contributed by atoms with Crippen molar-refractivity contribution in [1.82, 2.24) is 25.1 Å². The van der Waals surface area contributed by atoms with E-state index in [1.54, 1.807) is 4.90 Å². The highest BCUT2D eigenvalue weighted by Crippen LogP contribution is 2.43. The highest BCUT2D eigenvalue weighted by molar-refractivity contribution is 5.98. The van der Waals surface area contributed by atoms with Crippen molar-refractivity contribution in [3.05, 3.63) is 47.2 Å². The van der Waals surface area contributed by atoms with Crippen molar-refractivity contribution in [1.29, 1.82) is 0 Å². The van der Waals surface area contributed by atoms with Crippen molar-refractivity contribution < 1.29 is 14.4 Å². The smallest absolute Gasteiger partial charge is 0.338 e. The number of hydrogen-bond donors (Lipinski definition) is 1. The van der Waals surface area contributed by atoms with Crippen LogP contribution in [0.25, 0.3) is 0 Å². The summed E-state index contributed by atoms with van der Waals surface area (Å²) in [5.74, 6) is 0.411. The fourth-order valence-corrected chi connectivity index (χ4v) is 6.81. The first-order chi connectivity index (χ1) is 18.3. The van der Waals surface area contributed by atoms with Gasteiger partial charge in [0.05, 0.1) is 6.54 Å². The van der Waals surface area contributed by atoms with Gasteiger partial charge >= 0.3 is 6.03 Å². The molecule has 1 saturated heterocycles. The molecule has 0 radical (unpaired) electrons. The minimum Gasteiger partial charge on any atom is -0.353 e. The lowest BCUT2D eigenvalue weighted by molar-refractivity contribution is -0.124. The van der Waals surface area contributed by atoms with Gasteiger partial charge in [-0.15, -0.1) is 0 Å². The Labute approximate surface area is 233 Å². The van der Waals surface area contributed by atoms with E-state index in [4.69, 9.17) is 0 Å². The fourth-order valence-electron chi connectivity index (χ4n) is 6.81. The normalized spacial score (nSPS) is 28.4. The number of carbonyl (C=O) groups is 3. The van der Waals surface area contributed by atoms with Gasteiger partial charge in [0.15, 0.2) is 0 Å². The minimum atomic E-state index is -0.00530. The Balaban J connectivity index is 1.21. The second-order valence-corrected chi connectivity index (χ2v) is 13.8. The molecular weight excluding hydrogens is 490 g/mol. The van der Waals surface area contributed by atoms with Crippen molar-refractivity contribution in [3.8, 4) is 0 Å². The molecule has 39 heavy (non-hydrogen) atoms. The first-order valence-electron chi connectivity index (χ1n) is 14.5. The number of carbonyl (C=O) groups excluding carboxylic acids is 3. The molecule has 0 aromatic heterocycles. The van der Waals surface area contributed by atoms with E-state index in [0.717, 1.165) is 49.1 Å². The Morgan fingerprint density at radius 1 is 1.13 bits per heavy atom. The number of hydrogen-bond acceptors (Lipinski definition) is 4. The van der Waals surface area contributed by atoms with Gasteiger partial charge in [0.2, 0.25) is 5.91 Å². The highest BCUT2D eigenvalue weighted by Gasteiger charge is 2.46. The van der Waals surface area contributed by atoms with E-state index in [2.05, 4.69) is 51.0 Å². The van der Waals surface area contributed by atoms with Gasteiger partial charge in [0.1, 0.15) is 0 Å². The van der Waals surface area contributed by atoms with Gasteiger partial charge in [0, 0.05) is 56.4 Å². The SMILES string of the molecule is CN1C(=O)N(CC(C)(C)C)C2=CCC(C3CCC(C)(C)C(NC(=O)CCN4Cc5ccccc5C4=O)C3)N1C2. The van der Waals surface area contributed by atoms with Gasteiger partial charge in [-0.3, -0.25) is 19.5 Å². The third kappa shape index (κ3) is 5.58. The summed E-state index contributed by atoms with van der Waals surface area (Å²) in [5.41, 5.74) is 2.93. The molecule has 212 valence electrons. The summed E-state index contributed by atoms with van der Waals surface area (Å²) in [6, 6.07) is 8.03. The molecular formula is C31H45N5O3. The molecule has 4 atom stereocenters. The van der Waals surface area contributed by atoms with Gasteiger partial charge in [-0.1, -0.05) is 58.9 Å². The third-order valence-electron chi connectivity index (χ3n) is 9.20. The lowest BCUT2D eigenvalue weighted by Crippen LogP contribution is -2.64. The van der Waals surface area contributed by atoms with Gasteiger partial charge in [-0.2, -0.15) is 0 Å². The molecule has 1 aromatic carbocycles. The standard InChI is InChI=1S/C31H45N5O3/c1-30(2,3)20-35-23-11-12-25(36(19-23)33(6)29(35)39)21-13-15-31(4,5)26(17-21)32-27(37)14-16-34-18-22-9-7-8-10-24(22)28(34)38/h7-11,21,25-26H,12-20H2,1-6H3,(H,32,37). The molecule has 1 saturated carbocycles. The number of urea groups is 1. The molecule has 1 aliphatic carbocycles. The zero-order valence-corrected chi connectivity index (χ0v) is 24.5. The molecule has 4 aliphatic rings. The van der Waals surface area contributed by atoms with E-state index >= 15 is 0 Å². The Kier molecular flexibility index (Phi) is 7.29. The summed E-state index contributed by atoms with van der Waals surface area (Å²) < 4.78 is 0. The molecule has 1 aromatic rings. The van der Waals surface area contributed by atoms with Crippen molar-refractivity contribution in [2.24, 2.45) is 16.7 Å². The van der Waals surface area contributed by atoms with E-state index in [1.165, 1.54) is 0 Å². The molecule has 2 bridgehead atoms. The van der Waals surface area contributed by atoms with Crippen LogP contribution < -0.4 is 5.32 Å². The molecule has 3 aliphatic heterocycles. The van der Waals surface area contributed by atoms with Crippen LogP contribution in [0.2, 0.25) is 0 Å². The molecule has 2 fully saturated rings. The maximum atomic E-state index is 13.3. The number of fused-ring (bicyclic) bond motifs is 3. The summed E-state index contributed by atoms with van der Waals surface area (Å²) in [5, 5.41) is 7.43. The molecule has 8 heteroatoms. The average molecular weight is 536 g/mol. The van der Waals surface area contributed by atoms with Crippen LogP contribution in [0.15, 0.2) is 36.0 Å². The summed E-state index contributed by atoms with van der Waals surface area (Å²) in [6.45, 7) is 13.5. The average Bonchev–Trinajstić information content (AvgIpc) is 3.20. The number of hydrazine groups is 1. The van der Waals surface area contributed by atoms with Gasteiger partial charge in [0.25, 0.3) is 5.91 Å². The number of amides is 4. The monoisotopic (exact) mass is 535 g/mol. The summed E-state index contributed by atoms with van der Waals surface area (Å²) in [7, 11) is 1.90. The summed E-state index contributed by atoms with van der Waals surface area (Å²) in [4.78, 5) is 42.8. The molecule has 4 amide bonds. The van der Waals surface area contributed by atoms with Crippen LogP contribution in [0.1, 0.15) is 82.6 Å². The lowest BCUT2D eigenvalue weighted by Gasteiger charge is -2.53. The zero-order valence-electron chi connectivity index (χ0n) is 24.5. The molecule has 8 nitrogen and oxygen atoms in total. The summed E-state index contributed by atoms with van der Waals surface area (Å²) >= 11 is 0. The van der Waals surface area contributed by atoms with Crippen molar-refractivity contribution in [3.63, 3.8) is 0 Å². The van der Waals surface area contributed by atoms with E-state index in [0.29, 0.717) is 32.0 Å². The van der Waals surface area contributed by atoms with E-state index in [-0.39, 0.29) is 40.8 Å². The van der Waals surface area contributed by atoms with Gasteiger partial charge in [-0.05, 0) is 54.1 Å². The van der Waals surface area contributed by atoms with Gasteiger partial charge < -0.3 is 10.2 Å². The zero-order chi connectivity index (χ0) is 28.1. The second-order valence-electron chi connectivity index (χ2n) is 13.8. The van der Waals surface area contributed by atoms with Gasteiger partial charge in [-0.25, -0.2) is 9.80 Å². The van der Waals surface area contributed by atoms with Crippen LogP contribution in [0.5, 0.6) is 0 Å². The largest absolute Gasteiger partial charge is 0.353 e. The van der Waals surface area contributed by atoms with Crippen molar-refractivity contribution in [2.45, 2.75) is 85.4 Å². The van der Waals surface area contributed by atoms with Crippen LogP contribution in [0.4, 0.5) is 4.79 Å². The number of nitrogens with zero attached hydrogens (tertiary/aromatic N) is 4. The maximum absolute atomic E-state index is 13.3. The van der Waals surface area contributed by atoms with E-state index < -0.39 is 0 Å². The first kappa shape index (κ1) is 27.7. The Morgan fingerprint density at radius 3 is 2.59 bits per heavy atom. The quantitative estimate of drug-likeness (QED) is 0.576.